The lowest BCUT2D eigenvalue weighted by Gasteiger charge is -2.07. The van der Waals surface area contributed by atoms with Crippen LogP contribution in [0.5, 0.6) is 0 Å². The van der Waals surface area contributed by atoms with E-state index in [4.69, 9.17) is 0 Å². The zero-order valence-corrected chi connectivity index (χ0v) is 8.87. The summed E-state index contributed by atoms with van der Waals surface area (Å²) in [5.74, 6) is -1.06. The molecule has 1 aromatic heterocycles. The highest BCUT2D eigenvalue weighted by molar-refractivity contribution is 7.09. The fourth-order valence-electron chi connectivity index (χ4n) is 1.09. The predicted octanol–water partition coefficient (Wildman–Crippen LogP) is 2.77. The van der Waals surface area contributed by atoms with Gasteiger partial charge in [0.25, 0.3) is 0 Å². The summed E-state index contributed by atoms with van der Waals surface area (Å²) in [7, 11) is 0. The quantitative estimate of drug-likeness (QED) is 0.878. The molecule has 1 N–H and O–H groups in total. The number of anilines is 1. The summed E-state index contributed by atoms with van der Waals surface area (Å²) >= 11 is 0.753. The zero-order chi connectivity index (χ0) is 11.1. The van der Waals surface area contributed by atoms with Gasteiger partial charge < -0.3 is 5.32 Å². The van der Waals surface area contributed by atoms with Crippen molar-refractivity contribution in [1.29, 1.82) is 0 Å². The molecule has 15 heavy (non-hydrogen) atoms. The molecule has 1 aliphatic rings. The van der Waals surface area contributed by atoms with Crippen LogP contribution in [0.25, 0.3) is 0 Å². The number of hydrogen-bond donors (Lipinski definition) is 1. The molecule has 1 fully saturated rings. The summed E-state index contributed by atoms with van der Waals surface area (Å²) in [6.45, 7) is 2.76. The minimum absolute atomic E-state index is 0.240. The van der Waals surface area contributed by atoms with Crippen LogP contribution >= 0.6 is 11.5 Å². The van der Waals surface area contributed by atoms with E-state index in [9.17, 15) is 13.2 Å². The van der Waals surface area contributed by atoms with E-state index in [1.807, 2.05) is 0 Å². The third kappa shape index (κ3) is 2.58. The highest BCUT2D eigenvalue weighted by Crippen LogP contribution is 2.44. The fraction of sp³-hybridized carbons (Fsp3) is 0.750. The van der Waals surface area contributed by atoms with E-state index in [1.165, 1.54) is 0 Å². The Labute approximate surface area is 88.9 Å². The SMILES string of the molecule is CC1(CNc2nc(C(F)(F)F)ns2)CC1. The Morgan fingerprint density at radius 3 is 2.60 bits per heavy atom. The molecule has 0 aromatic carbocycles. The smallest absolute Gasteiger partial charge is 0.360 e. The van der Waals surface area contributed by atoms with Gasteiger partial charge in [-0.1, -0.05) is 6.92 Å². The Hall–Kier alpha value is -0.850. The maximum Gasteiger partial charge on any atom is 0.452 e. The molecule has 0 spiro atoms. The number of alkyl halides is 3. The normalized spacial score (nSPS) is 18.9. The molecule has 3 nitrogen and oxygen atoms in total. The summed E-state index contributed by atoms with van der Waals surface area (Å²) in [5.41, 5.74) is 0.240. The van der Waals surface area contributed by atoms with Gasteiger partial charge in [0.05, 0.1) is 0 Å². The van der Waals surface area contributed by atoms with Gasteiger partial charge in [-0.2, -0.15) is 22.5 Å². The molecule has 0 amide bonds. The van der Waals surface area contributed by atoms with Crippen molar-refractivity contribution in [3.05, 3.63) is 5.82 Å². The van der Waals surface area contributed by atoms with Gasteiger partial charge in [0.15, 0.2) is 0 Å². The van der Waals surface area contributed by atoms with Gasteiger partial charge in [-0.3, -0.25) is 0 Å². The van der Waals surface area contributed by atoms with Crippen LogP contribution in [0.4, 0.5) is 18.3 Å². The molecular formula is C8H10F3N3S. The van der Waals surface area contributed by atoms with Crippen molar-refractivity contribution in [3.8, 4) is 0 Å². The highest BCUT2D eigenvalue weighted by Gasteiger charge is 2.38. The third-order valence-electron chi connectivity index (χ3n) is 2.45. The number of nitrogens with one attached hydrogen (secondary N) is 1. The Bertz CT molecular complexity index is 356. The van der Waals surface area contributed by atoms with E-state index in [-0.39, 0.29) is 10.5 Å². The Morgan fingerprint density at radius 1 is 1.47 bits per heavy atom. The first kappa shape index (κ1) is 10.7. The molecule has 1 aliphatic carbocycles. The molecule has 1 aromatic rings. The molecular weight excluding hydrogens is 227 g/mol. The van der Waals surface area contributed by atoms with Crippen LogP contribution in [0.15, 0.2) is 0 Å². The van der Waals surface area contributed by atoms with Crippen molar-refractivity contribution in [2.45, 2.75) is 25.9 Å². The van der Waals surface area contributed by atoms with Gasteiger partial charge in [-0.25, -0.2) is 0 Å². The topological polar surface area (TPSA) is 37.8 Å². The van der Waals surface area contributed by atoms with E-state index in [1.54, 1.807) is 0 Å². The molecule has 0 bridgehead atoms. The molecule has 0 radical (unpaired) electrons. The van der Waals surface area contributed by atoms with E-state index >= 15 is 0 Å². The van der Waals surface area contributed by atoms with E-state index in [2.05, 4.69) is 21.6 Å². The summed E-state index contributed by atoms with van der Waals surface area (Å²) in [6, 6.07) is 0. The Morgan fingerprint density at radius 2 is 2.13 bits per heavy atom. The number of halogens is 3. The Balaban J connectivity index is 1.95. The molecule has 0 atom stereocenters. The Kier molecular flexibility index (Phi) is 2.37. The summed E-state index contributed by atoms with van der Waals surface area (Å²) < 4.78 is 39.7. The van der Waals surface area contributed by atoms with E-state index < -0.39 is 12.0 Å². The minimum Gasteiger partial charge on any atom is -0.360 e. The van der Waals surface area contributed by atoms with Crippen molar-refractivity contribution in [2.24, 2.45) is 5.41 Å². The minimum atomic E-state index is -4.44. The van der Waals surface area contributed by atoms with Crippen LogP contribution in [0.3, 0.4) is 0 Å². The van der Waals surface area contributed by atoms with Crippen LogP contribution in [0.2, 0.25) is 0 Å². The predicted molar refractivity (Wildman–Crippen MR) is 50.7 cm³/mol. The number of aromatic nitrogens is 2. The summed E-state index contributed by atoms with van der Waals surface area (Å²) in [6.07, 6.45) is -2.21. The van der Waals surface area contributed by atoms with Crippen LogP contribution in [-0.4, -0.2) is 15.9 Å². The fourth-order valence-corrected chi connectivity index (χ4v) is 1.67. The molecule has 84 valence electrons. The highest BCUT2D eigenvalue weighted by atomic mass is 32.1. The second-order valence-corrected chi connectivity index (χ2v) is 4.84. The van der Waals surface area contributed by atoms with Gasteiger partial charge >= 0.3 is 6.18 Å². The lowest BCUT2D eigenvalue weighted by molar-refractivity contribution is -0.144. The second kappa shape index (κ2) is 3.33. The molecule has 0 aliphatic heterocycles. The first-order valence-corrected chi connectivity index (χ1v) is 5.31. The van der Waals surface area contributed by atoms with Crippen LogP contribution < -0.4 is 5.32 Å². The molecule has 0 saturated heterocycles. The average molecular weight is 237 g/mol. The van der Waals surface area contributed by atoms with Crippen LogP contribution in [-0.2, 0) is 6.18 Å². The second-order valence-electron chi connectivity index (χ2n) is 4.09. The van der Waals surface area contributed by atoms with Crippen LogP contribution in [0, 0.1) is 5.41 Å². The molecule has 2 rings (SSSR count). The van der Waals surface area contributed by atoms with Crippen LogP contribution in [0.1, 0.15) is 25.6 Å². The molecule has 7 heteroatoms. The van der Waals surface area contributed by atoms with Gasteiger partial charge in [-0.05, 0) is 18.3 Å². The molecule has 1 heterocycles. The van der Waals surface area contributed by atoms with Gasteiger partial charge in [0, 0.05) is 18.1 Å². The standard InChI is InChI=1S/C8H10F3N3S/c1-7(2-3-7)4-12-6-13-5(14-15-6)8(9,10)11/h2-4H2,1H3,(H,12,13,14). The largest absolute Gasteiger partial charge is 0.452 e. The van der Waals surface area contributed by atoms with Crippen molar-refractivity contribution >= 4 is 16.7 Å². The maximum absolute atomic E-state index is 12.1. The molecule has 0 unspecified atom stereocenters. The van der Waals surface area contributed by atoms with Crippen molar-refractivity contribution in [3.63, 3.8) is 0 Å². The van der Waals surface area contributed by atoms with Crippen molar-refractivity contribution < 1.29 is 13.2 Å². The summed E-state index contributed by atoms with van der Waals surface area (Å²) in [4.78, 5) is 3.38. The van der Waals surface area contributed by atoms with Gasteiger partial charge in [-0.15, -0.1) is 0 Å². The number of nitrogens with zero attached hydrogens (tertiary/aromatic N) is 2. The van der Waals surface area contributed by atoms with Crippen molar-refractivity contribution in [2.75, 3.05) is 11.9 Å². The average Bonchev–Trinajstić information content (AvgIpc) is 2.66. The lowest BCUT2D eigenvalue weighted by Crippen LogP contribution is -2.12. The molecule has 1 saturated carbocycles. The van der Waals surface area contributed by atoms with Gasteiger partial charge in [0.1, 0.15) is 0 Å². The third-order valence-corrected chi connectivity index (χ3v) is 3.12. The first-order valence-electron chi connectivity index (χ1n) is 4.54. The number of hydrogen-bond acceptors (Lipinski definition) is 4. The first-order chi connectivity index (χ1) is 6.89. The van der Waals surface area contributed by atoms with Gasteiger partial charge in [0.2, 0.25) is 11.0 Å². The maximum atomic E-state index is 12.1. The summed E-state index contributed by atoms with van der Waals surface area (Å²) in [5, 5.41) is 3.13. The lowest BCUT2D eigenvalue weighted by atomic mass is 10.1. The number of rotatable bonds is 3. The van der Waals surface area contributed by atoms with E-state index in [0.717, 1.165) is 24.4 Å². The zero-order valence-electron chi connectivity index (χ0n) is 8.06. The van der Waals surface area contributed by atoms with E-state index in [0.29, 0.717) is 6.54 Å². The van der Waals surface area contributed by atoms with Crippen molar-refractivity contribution in [1.82, 2.24) is 9.36 Å². The monoisotopic (exact) mass is 237 g/mol.